The summed E-state index contributed by atoms with van der Waals surface area (Å²) in [4.78, 5) is 30.5. The second-order valence-electron chi connectivity index (χ2n) is 5.66. The van der Waals surface area contributed by atoms with E-state index in [-0.39, 0.29) is 18.4 Å². The average molecular weight is 409 g/mol. The van der Waals surface area contributed by atoms with Gasteiger partial charge in [-0.1, -0.05) is 40.3 Å². The van der Waals surface area contributed by atoms with Crippen molar-refractivity contribution in [1.82, 2.24) is 4.90 Å². The Labute approximate surface area is 142 Å². The van der Waals surface area contributed by atoms with Crippen LogP contribution in [0.2, 0.25) is 0 Å². The molecule has 0 fully saturated rings. The smallest absolute Gasteiger partial charge is 0.261 e. The second kappa shape index (κ2) is 5.58. The van der Waals surface area contributed by atoms with Crippen molar-refractivity contribution in [2.24, 2.45) is 10.7 Å². The Bertz CT molecular complexity index is 678. The molecule has 2 amide bonds. The summed E-state index contributed by atoms with van der Waals surface area (Å²) in [6.45, 7) is 2.19. The lowest BCUT2D eigenvalue weighted by atomic mass is 9.98. The molecule has 0 saturated carbocycles. The van der Waals surface area contributed by atoms with Crippen molar-refractivity contribution >= 4 is 40.6 Å². The minimum atomic E-state index is -0.522. The summed E-state index contributed by atoms with van der Waals surface area (Å²) in [5, 5.41) is 0. The first-order valence-electron chi connectivity index (χ1n) is 7.03. The molecule has 2 aliphatic rings. The molecule has 0 saturated heterocycles. The number of hydrogen-bond donors (Lipinski definition) is 1. The molecular weight excluding hydrogens is 393 g/mol. The molecule has 0 aliphatic carbocycles. The number of carbonyl (C=O) groups excluding carboxylic acids is 2. The third-order valence-electron chi connectivity index (χ3n) is 4.00. The number of fused-ring (bicyclic) bond motifs is 1. The van der Waals surface area contributed by atoms with Crippen LogP contribution in [0.15, 0.2) is 40.9 Å². The quantitative estimate of drug-likeness (QED) is 0.360. The van der Waals surface area contributed by atoms with Crippen LogP contribution in [-0.4, -0.2) is 39.1 Å². The number of benzene rings is 1. The molecule has 1 aromatic rings. The van der Waals surface area contributed by atoms with Crippen LogP contribution < -0.4 is 5.73 Å². The van der Waals surface area contributed by atoms with E-state index in [1.54, 1.807) is 30.5 Å². The van der Waals surface area contributed by atoms with Gasteiger partial charge in [-0.15, -0.1) is 0 Å². The zero-order valence-electron chi connectivity index (χ0n) is 12.1. The van der Waals surface area contributed by atoms with Gasteiger partial charge < -0.3 is 5.73 Å². The first kappa shape index (κ1) is 15.4. The SMILES string of the molecule is CC1=CC=NC(I)(C(N)CN2C(=O)c3ccccc3C2=O)C1. The van der Waals surface area contributed by atoms with Gasteiger partial charge in [0.2, 0.25) is 0 Å². The lowest BCUT2D eigenvalue weighted by Gasteiger charge is -2.33. The number of imide groups is 1. The van der Waals surface area contributed by atoms with Crippen molar-refractivity contribution in [2.75, 3.05) is 6.54 Å². The molecule has 2 unspecified atom stereocenters. The predicted octanol–water partition coefficient (Wildman–Crippen LogP) is 2.16. The van der Waals surface area contributed by atoms with Crippen LogP contribution in [0.5, 0.6) is 0 Å². The van der Waals surface area contributed by atoms with Crippen LogP contribution in [0.4, 0.5) is 0 Å². The van der Waals surface area contributed by atoms with Gasteiger partial charge in [0, 0.05) is 19.2 Å². The lowest BCUT2D eigenvalue weighted by molar-refractivity contribution is 0.0640. The topological polar surface area (TPSA) is 75.8 Å². The summed E-state index contributed by atoms with van der Waals surface area (Å²) in [6.07, 6.45) is 4.41. The summed E-state index contributed by atoms with van der Waals surface area (Å²) in [6, 6.07) is 6.44. The Hall–Kier alpha value is -1.54. The van der Waals surface area contributed by atoms with Gasteiger partial charge in [-0.05, 0) is 25.1 Å². The van der Waals surface area contributed by atoms with Gasteiger partial charge in [0.1, 0.15) is 3.55 Å². The Balaban J connectivity index is 1.80. The highest BCUT2D eigenvalue weighted by molar-refractivity contribution is 14.1. The van der Waals surface area contributed by atoms with E-state index >= 15 is 0 Å². The summed E-state index contributed by atoms with van der Waals surface area (Å²) in [5.74, 6) is -0.550. The highest BCUT2D eigenvalue weighted by atomic mass is 127. The zero-order valence-corrected chi connectivity index (χ0v) is 14.3. The minimum absolute atomic E-state index is 0.167. The second-order valence-corrected chi connectivity index (χ2v) is 7.53. The number of nitrogens with zero attached hydrogens (tertiary/aromatic N) is 2. The van der Waals surface area contributed by atoms with E-state index in [0.717, 1.165) is 0 Å². The zero-order chi connectivity index (χ0) is 15.9. The standard InChI is InChI=1S/C16H16IN3O2/c1-10-6-7-19-16(17,8-10)13(18)9-20-14(21)11-4-2-3-5-12(11)15(20)22/h2-7,13H,8-9,18H2,1H3. The van der Waals surface area contributed by atoms with E-state index in [2.05, 4.69) is 27.6 Å². The Morgan fingerprint density at radius 2 is 1.91 bits per heavy atom. The van der Waals surface area contributed by atoms with E-state index in [4.69, 9.17) is 5.73 Å². The molecule has 2 heterocycles. The number of carbonyl (C=O) groups is 2. The molecule has 6 heteroatoms. The van der Waals surface area contributed by atoms with Crippen LogP contribution in [0.25, 0.3) is 0 Å². The Kier molecular flexibility index (Phi) is 3.90. The maximum Gasteiger partial charge on any atom is 0.261 e. The first-order valence-corrected chi connectivity index (χ1v) is 8.11. The van der Waals surface area contributed by atoms with Gasteiger partial charge in [0.25, 0.3) is 11.8 Å². The average Bonchev–Trinajstić information content (AvgIpc) is 2.73. The maximum absolute atomic E-state index is 12.4. The number of dihydropyridines is 1. The molecule has 114 valence electrons. The molecule has 5 nitrogen and oxygen atoms in total. The molecule has 0 spiro atoms. The highest BCUT2D eigenvalue weighted by Gasteiger charge is 2.41. The minimum Gasteiger partial charge on any atom is -0.323 e. The fraction of sp³-hybridized carbons (Fsp3) is 0.312. The molecule has 1 aromatic carbocycles. The molecule has 0 bridgehead atoms. The molecule has 0 radical (unpaired) electrons. The van der Waals surface area contributed by atoms with Crippen molar-refractivity contribution in [1.29, 1.82) is 0 Å². The molecule has 0 aromatic heterocycles. The number of aliphatic imine (C=N–C) groups is 1. The van der Waals surface area contributed by atoms with Crippen molar-refractivity contribution in [3.63, 3.8) is 0 Å². The van der Waals surface area contributed by atoms with Crippen LogP contribution in [-0.2, 0) is 0 Å². The van der Waals surface area contributed by atoms with Gasteiger partial charge in [0.05, 0.1) is 17.2 Å². The summed E-state index contributed by atoms with van der Waals surface area (Å²) < 4.78 is -0.522. The van der Waals surface area contributed by atoms with Crippen molar-refractivity contribution in [2.45, 2.75) is 22.9 Å². The number of amides is 2. The van der Waals surface area contributed by atoms with Crippen LogP contribution in [0, 0.1) is 0 Å². The first-order chi connectivity index (χ1) is 10.4. The van der Waals surface area contributed by atoms with Crippen molar-refractivity contribution in [3.8, 4) is 0 Å². The number of alkyl halides is 1. The fourth-order valence-electron chi connectivity index (χ4n) is 2.75. The van der Waals surface area contributed by atoms with E-state index in [0.29, 0.717) is 17.5 Å². The Morgan fingerprint density at radius 1 is 1.32 bits per heavy atom. The lowest BCUT2D eigenvalue weighted by Crippen LogP contribution is -2.51. The summed E-state index contributed by atoms with van der Waals surface area (Å²) >= 11 is 2.22. The molecule has 2 atom stereocenters. The van der Waals surface area contributed by atoms with Gasteiger partial charge in [-0.3, -0.25) is 19.5 Å². The van der Waals surface area contributed by atoms with Crippen molar-refractivity contribution < 1.29 is 9.59 Å². The normalized spacial score (nSPS) is 25.2. The number of hydrogen-bond acceptors (Lipinski definition) is 4. The van der Waals surface area contributed by atoms with Crippen LogP contribution in [0.1, 0.15) is 34.1 Å². The van der Waals surface area contributed by atoms with Crippen LogP contribution in [0.3, 0.4) is 0 Å². The highest BCUT2D eigenvalue weighted by Crippen LogP contribution is 2.35. The molecule has 22 heavy (non-hydrogen) atoms. The third-order valence-corrected chi connectivity index (χ3v) is 5.46. The van der Waals surface area contributed by atoms with E-state index in [9.17, 15) is 9.59 Å². The summed E-state index contributed by atoms with van der Waals surface area (Å²) in [7, 11) is 0. The number of allylic oxidation sites excluding steroid dienone is 1. The summed E-state index contributed by atoms with van der Waals surface area (Å²) in [5.41, 5.74) is 8.37. The van der Waals surface area contributed by atoms with Crippen molar-refractivity contribution in [3.05, 3.63) is 47.0 Å². The third kappa shape index (κ3) is 2.50. The number of rotatable bonds is 3. The molecular formula is C16H16IN3O2. The fourth-order valence-corrected chi connectivity index (χ4v) is 3.71. The molecule has 3 rings (SSSR count). The van der Waals surface area contributed by atoms with E-state index in [1.165, 1.54) is 10.5 Å². The largest absolute Gasteiger partial charge is 0.323 e. The predicted molar refractivity (Wildman–Crippen MR) is 93.4 cm³/mol. The van der Waals surface area contributed by atoms with Crippen LogP contribution >= 0.6 is 22.6 Å². The van der Waals surface area contributed by atoms with Gasteiger partial charge in [0.15, 0.2) is 0 Å². The van der Waals surface area contributed by atoms with E-state index < -0.39 is 9.59 Å². The molecule has 2 N–H and O–H groups in total. The van der Waals surface area contributed by atoms with E-state index in [1.807, 2.05) is 13.0 Å². The van der Waals surface area contributed by atoms with Gasteiger partial charge >= 0.3 is 0 Å². The maximum atomic E-state index is 12.4. The monoisotopic (exact) mass is 409 g/mol. The Morgan fingerprint density at radius 3 is 2.45 bits per heavy atom. The molecule has 2 aliphatic heterocycles. The van der Waals surface area contributed by atoms with Gasteiger partial charge in [-0.25, -0.2) is 0 Å². The van der Waals surface area contributed by atoms with Gasteiger partial charge in [-0.2, -0.15) is 0 Å². The number of nitrogens with two attached hydrogens (primary N) is 1. The number of halogens is 1.